The highest BCUT2D eigenvalue weighted by Crippen LogP contribution is 2.32. The second-order valence-corrected chi connectivity index (χ2v) is 7.72. The Labute approximate surface area is 123 Å². The van der Waals surface area contributed by atoms with Gasteiger partial charge in [-0.3, -0.25) is 10.1 Å². The molecule has 1 aromatic carbocycles. The van der Waals surface area contributed by atoms with Gasteiger partial charge in [0.1, 0.15) is 11.5 Å². The van der Waals surface area contributed by atoms with Gasteiger partial charge in [-0.2, -0.15) is 0 Å². The Kier molecular flexibility index (Phi) is 4.28. The van der Waals surface area contributed by atoms with Gasteiger partial charge >= 0.3 is 0 Å². The molecule has 0 spiro atoms. The molecule has 1 fully saturated rings. The molecule has 0 aliphatic carbocycles. The van der Waals surface area contributed by atoms with Gasteiger partial charge in [-0.05, 0) is 28.8 Å². The van der Waals surface area contributed by atoms with Crippen LogP contribution in [0.3, 0.4) is 0 Å². The molecular formula is C11H12BrFN2O4S. The summed E-state index contributed by atoms with van der Waals surface area (Å²) in [7, 11) is -3.14. The summed E-state index contributed by atoms with van der Waals surface area (Å²) < 4.78 is 36.6. The van der Waals surface area contributed by atoms with Gasteiger partial charge in [0, 0.05) is 18.2 Å². The summed E-state index contributed by atoms with van der Waals surface area (Å²) in [5.74, 6) is -0.610. The molecule has 1 unspecified atom stereocenters. The van der Waals surface area contributed by atoms with Crippen LogP contribution >= 0.6 is 15.9 Å². The minimum atomic E-state index is -3.14. The number of hydrogen-bond donors (Lipinski definition) is 1. The third kappa shape index (κ3) is 3.45. The first kappa shape index (κ1) is 15.2. The normalized spacial score (nSPS) is 21.4. The summed E-state index contributed by atoms with van der Waals surface area (Å²) in [5.41, 5.74) is -0.293. The van der Waals surface area contributed by atoms with E-state index in [9.17, 15) is 22.9 Å². The van der Waals surface area contributed by atoms with Gasteiger partial charge in [0.2, 0.25) is 0 Å². The van der Waals surface area contributed by atoms with E-state index >= 15 is 0 Å². The molecule has 1 saturated heterocycles. The number of halogens is 2. The molecule has 20 heavy (non-hydrogen) atoms. The van der Waals surface area contributed by atoms with Crippen LogP contribution in [0.15, 0.2) is 16.6 Å². The maximum Gasteiger partial charge on any atom is 0.293 e. The van der Waals surface area contributed by atoms with E-state index in [4.69, 9.17) is 0 Å². The smallest absolute Gasteiger partial charge is 0.293 e. The number of nitro groups is 1. The molecular weight excluding hydrogens is 355 g/mol. The van der Waals surface area contributed by atoms with Crippen molar-refractivity contribution >= 4 is 37.1 Å². The number of anilines is 1. The Morgan fingerprint density at radius 2 is 2.15 bits per heavy atom. The quantitative estimate of drug-likeness (QED) is 0.655. The standard InChI is InChI=1S/C11H12BrFN2O4S/c12-8-4-11(15(16)17)10(5-9(8)13)14-7-2-1-3-20(18,19)6-7/h4-5,7,14H,1-3,6H2. The number of sulfone groups is 1. The van der Waals surface area contributed by atoms with Crippen LogP contribution in [0.4, 0.5) is 15.8 Å². The number of benzene rings is 1. The Morgan fingerprint density at radius 1 is 1.45 bits per heavy atom. The minimum absolute atomic E-state index is 0.00204. The first-order chi connectivity index (χ1) is 9.28. The predicted octanol–water partition coefficient (Wildman–Crippen LogP) is 2.49. The van der Waals surface area contributed by atoms with E-state index in [0.29, 0.717) is 12.8 Å². The predicted molar refractivity (Wildman–Crippen MR) is 76.1 cm³/mol. The average molecular weight is 367 g/mol. The Morgan fingerprint density at radius 3 is 2.75 bits per heavy atom. The lowest BCUT2D eigenvalue weighted by Gasteiger charge is -2.23. The van der Waals surface area contributed by atoms with Gasteiger partial charge in [-0.15, -0.1) is 0 Å². The lowest BCUT2D eigenvalue weighted by Crippen LogP contribution is -2.35. The van der Waals surface area contributed by atoms with Gasteiger partial charge in [-0.25, -0.2) is 12.8 Å². The molecule has 1 heterocycles. The zero-order valence-electron chi connectivity index (χ0n) is 10.3. The summed E-state index contributed by atoms with van der Waals surface area (Å²) in [5, 5.41) is 13.7. The van der Waals surface area contributed by atoms with E-state index < -0.39 is 26.6 Å². The van der Waals surface area contributed by atoms with E-state index in [0.717, 1.165) is 12.1 Å². The van der Waals surface area contributed by atoms with Gasteiger partial charge in [-0.1, -0.05) is 0 Å². The largest absolute Gasteiger partial charge is 0.376 e. The molecule has 1 N–H and O–H groups in total. The Balaban J connectivity index is 2.29. The van der Waals surface area contributed by atoms with Crippen molar-refractivity contribution in [3.05, 3.63) is 32.5 Å². The lowest BCUT2D eigenvalue weighted by molar-refractivity contribution is -0.384. The average Bonchev–Trinajstić information content (AvgIpc) is 2.32. The number of hydrogen-bond acceptors (Lipinski definition) is 5. The van der Waals surface area contributed by atoms with Crippen LogP contribution in [-0.2, 0) is 9.84 Å². The van der Waals surface area contributed by atoms with E-state index in [1.165, 1.54) is 0 Å². The van der Waals surface area contributed by atoms with E-state index in [1.54, 1.807) is 0 Å². The van der Waals surface area contributed by atoms with E-state index in [-0.39, 0.29) is 27.4 Å². The van der Waals surface area contributed by atoms with Crippen molar-refractivity contribution in [1.82, 2.24) is 0 Å². The third-order valence-corrected chi connectivity index (χ3v) is 5.49. The van der Waals surface area contributed by atoms with Crippen LogP contribution < -0.4 is 5.32 Å². The van der Waals surface area contributed by atoms with Gasteiger partial charge < -0.3 is 5.32 Å². The van der Waals surface area contributed by atoms with E-state index in [2.05, 4.69) is 21.2 Å². The van der Waals surface area contributed by atoms with Crippen molar-refractivity contribution in [2.24, 2.45) is 0 Å². The highest BCUT2D eigenvalue weighted by molar-refractivity contribution is 9.10. The number of nitrogens with one attached hydrogen (secondary N) is 1. The Bertz CT molecular complexity index is 650. The number of rotatable bonds is 3. The van der Waals surface area contributed by atoms with Crippen LogP contribution in [0.25, 0.3) is 0 Å². The lowest BCUT2D eigenvalue weighted by atomic mass is 10.1. The molecule has 9 heteroatoms. The summed E-state index contributed by atoms with van der Waals surface area (Å²) >= 11 is 2.89. The van der Waals surface area contributed by atoms with Gasteiger partial charge in [0.25, 0.3) is 5.69 Å². The maximum absolute atomic E-state index is 13.5. The fourth-order valence-corrected chi connectivity index (χ4v) is 4.13. The molecule has 0 radical (unpaired) electrons. The van der Waals surface area contributed by atoms with Crippen molar-refractivity contribution in [2.45, 2.75) is 18.9 Å². The topological polar surface area (TPSA) is 89.3 Å². The monoisotopic (exact) mass is 366 g/mol. The first-order valence-electron chi connectivity index (χ1n) is 5.89. The van der Waals surface area contributed by atoms with Crippen molar-refractivity contribution < 1.29 is 17.7 Å². The van der Waals surface area contributed by atoms with Crippen molar-refractivity contribution in [3.63, 3.8) is 0 Å². The second kappa shape index (κ2) is 5.65. The number of nitrogens with zero attached hydrogens (tertiary/aromatic N) is 1. The van der Waals surface area contributed by atoms with Crippen molar-refractivity contribution in [1.29, 1.82) is 0 Å². The van der Waals surface area contributed by atoms with Crippen LogP contribution in [0.1, 0.15) is 12.8 Å². The Hall–Kier alpha value is -1.22. The molecule has 6 nitrogen and oxygen atoms in total. The zero-order chi connectivity index (χ0) is 14.9. The summed E-state index contributed by atoms with van der Waals surface area (Å²) in [4.78, 5) is 10.3. The summed E-state index contributed by atoms with van der Waals surface area (Å²) in [6.07, 6.45) is 1.07. The molecule has 0 bridgehead atoms. The van der Waals surface area contributed by atoms with E-state index in [1.807, 2.05) is 0 Å². The van der Waals surface area contributed by atoms with Crippen LogP contribution in [0.2, 0.25) is 0 Å². The van der Waals surface area contributed by atoms with Gasteiger partial charge in [0.15, 0.2) is 9.84 Å². The first-order valence-corrected chi connectivity index (χ1v) is 8.50. The fourth-order valence-electron chi connectivity index (χ4n) is 2.16. The van der Waals surface area contributed by atoms with Crippen LogP contribution in [-0.4, -0.2) is 30.9 Å². The molecule has 0 aromatic heterocycles. The molecule has 1 aromatic rings. The van der Waals surface area contributed by atoms with Crippen molar-refractivity contribution in [2.75, 3.05) is 16.8 Å². The zero-order valence-corrected chi connectivity index (χ0v) is 12.7. The number of nitro benzene ring substituents is 1. The molecule has 0 amide bonds. The molecule has 110 valence electrons. The molecule has 2 rings (SSSR count). The van der Waals surface area contributed by atoms with Crippen molar-refractivity contribution in [3.8, 4) is 0 Å². The maximum atomic E-state index is 13.5. The van der Waals surface area contributed by atoms with Crippen LogP contribution in [0.5, 0.6) is 0 Å². The highest BCUT2D eigenvalue weighted by Gasteiger charge is 2.27. The molecule has 1 atom stereocenters. The van der Waals surface area contributed by atoms with Crippen LogP contribution in [0, 0.1) is 15.9 Å². The summed E-state index contributed by atoms with van der Waals surface area (Å²) in [6.45, 7) is 0. The minimum Gasteiger partial charge on any atom is -0.376 e. The molecule has 1 aliphatic rings. The molecule has 1 aliphatic heterocycles. The third-order valence-electron chi connectivity index (χ3n) is 3.06. The second-order valence-electron chi connectivity index (χ2n) is 4.64. The molecule has 0 saturated carbocycles. The summed E-state index contributed by atoms with van der Waals surface area (Å²) in [6, 6.07) is 1.63. The SMILES string of the molecule is O=[N+]([O-])c1cc(Br)c(F)cc1NC1CCCS(=O)(=O)C1. The highest BCUT2D eigenvalue weighted by atomic mass is 79.9. The fraction of sp³-hybridized carbons (Fsp3) is 0.455. The van der Waals surface area contributed by atoms with Gasteiger partial charge in [0.05, 0.1) is 20.9 Å².